The van der Waals surface area contributed by atoms with Crippen molar-refractivity contribution in [3.05, 3.63) is 24.3 Å². The van der Waals surface area contributed by atoms with E-state index < -0.39 is 12.1 Å². The van der Waals surface area contributed by atoms with Gasteiger partial charge in [0.1, 0.15) is 0 Å². The van der Waals surface area contributed by atoms with Crippen LogP contribution in [0.4, 0.5) is 0 Å². The molecule has 0 aromatic rings. The summed E-state index contributed by atoms with van der Waals surface area (Å²) >= 11 is 0. The number of carbonyl (C=O) groups is 1. The molecule has 0 bridgehead atoms. The van der Waals surface area contributed by atoms with E-state index in [1.807, 2.05) is 0 Å². The number of amides is 1. The van der Waals surface area contributed by atoms with Gasteiger partial charge in [-0.05, 0) is 44.9 Å². The number of hydrogen-bond acceptors (Lipinski definition) is 3. The lowest BCUT2D eigenvalue weighted by Crippen LogP contribution is -2.45. The second-order valence-corrected chi connectivity index (χ2v) is 20.1. The highest BCUT2D eigenvalue weighted by Crippen LogP contribution is 2.18. The van der Waals surface area contributed by atoms with Gasteiger partial charge < -0.3 is 15.5 Å². The van der Waals surface area contributed by atoms with Crippen molar-refractivity contribution >= 4 is 5.91 Å². The predicted octanol–water partition coefficient (Wildman–Crippen LogP) is 19.1. The maximum atomic E-state index is 12.5. The van der Waals surface area contributed by atoms with Crippen LogP contribution in [0.5, 0.6) is 0 Å². The zero-order valence-corrected chi connectivity index (χ0v) is 43.1. The first-order valence-electron chi connectivity index (χ1n) is 29.0. The molecule has 0 aromatic heterocycles. The quantitative estimate of drug-likeness (QED) is 0.0421. The van der Waals surface area contributed by atoms with Crippen LogP contribution in [-0.4, -0.2) is 34.9 Å². The zero-order valence-electron chi connectivity index (χ0n) is 43.1. The molecule has 3 N–H and O–H groups in total. The van der Waals surface area contributed by atoms with Crippen molar-refractivity contribution in [3.8, 4) is 0 Å². The first-order chi connectivity index (χ1) is 31.2. The largest absolute Gasteiger partial charge is 0.394 e. The lowest BCUT2D eigenvalue weighted by atomic mass is 10.0. The third kappa shape index (κ3) is 51.7. The molecule has 4 heteroatoms. The second kappa shape index (κ2) is 55.2. The van der Waals surface area contributed by atoms with Gasteiger partial charge in [-0.2, -0.15) is 0 Å². The fourth-order valence-corrected chi connectivity index (χ4v) is 9.28. The van der Waals surface area contributed by atoms with Crippen molar-refractivity contribution in [1.29, 1.82) is 0 Å². The molecule has 0 saturated heterocycles. The molecular formula is C59H115NO3. The summed E-state index contributed by atoms with van der Waals surface area (Å²) in [5, 5.41) is 23.3. The summed E-state index contributed by atoms with van der Waals surface area (Å²) in [5.74, 6) is -0.0245. The second-order valence-electron chi connectivity index (χ2n) is 20.1. The van der Waals surface area contributed by atoms with Gasteiger partial charge in [-0.25, -0.2) is 0 Å². The number of allylic oxidation sites excluding steroid dienone is 4. The van der Waals surface area contributed by atoms with Gasteiger partial charge >= 0.3 is 0 Å². The molecule has 0 aliphatic heterocycles. The molecule has 0 aliphatic rings. The Labute approximate surface area is 396 Å². The SMILES string of the molecule is CCCCCCC/C=C\C/C=C\CCCCCCCCCCCCCCCCCCCCCCCCCC(=O)NC(CO)C(O)CCCCCCCCCCCCCCCCCC. The normalized spacial score (nSPS) is 12.9. The predicted molar refractivity (Wildman–Crippen MR) is 281 cm³/mol. The van der Waals surface area contributed by atoms with Crippen LogP contribution in [0.25, 0.3) is 0 Å². The van der Waals surface area contributed by atoms with E-state index in [-0.39, 0.29) is 12.5 Å². The van der Waals surface area contributed by atoms with Crippen molar-refractivity contribution in [2.45, 2.75) is 341 Å². The molecule has 0 radical (unpaired) electrons. The van der Waals surface area contributed by atoms with Crippen molar-refractivity contribution in [2.24, 2.45) is 0 Å². The number of carbonyl (C=O) groups excluding carboxylic acids is 1. The topological polar surface area (TPSA) is 69.6 Å². The Morgan fingerprint density at radius 3 is 0.952 bits per heavy atom. The number of hydrogen-bond donors (Lipinski definition) is 3. The summed E-state index contributed by atoms with van der Waals surface area (Å²) in [6, 6.07) is -0.533. The lowest BCUT2D eigenvalue weighted by molar-refractivity contribution is -0.123. The van der Waals surface area contributed by atoms with Crippen LogP contribution < -0.4 is 5.32 Å². The smallest absolute Gasteiger partial charge is 0.220 e. The standard InChI is InChI=1S/C59H115NO3/c1-3-5-7-9-11-13-15-17-19-21-22-23-24-25-26-27-28-29-30-31-32-33-34-35-36-37-38-39-41-43-45-47-49-51-53-55-59(63)60-57(56-61)58(62)54-52-50-48-46-44-42-40-20-18-16-14-12-10-8-6-4-2/h15,17,21-22,57-58,61-62H,3-14,16,18-20,23-56H2,1-2H3,(H,60,63)/b17-15-,22-21-. The van der Waals surface area contributed by atoms with Crippen molar-refractivity contribution < 1.29 is 15.0 Å². The van der Waals surface area contributed by atoms with E-state index in [0.717, 1.165) is 32.1 Å². The van der Waals surface area contributed by atoms with E-state index >= 15 is 0 Å². The van der Waals surface area contributed by atoms with Crippen LogP contribution >= 0.6 is 0 Å². The fraction of sp³-hybridized carbons (Fsp3) is 0.915. The van der Waals surface area contributed by atoms with Gasteiger partial charge in [0.25, 0.3) is 0 Å². The van der Waals surface area contributed by atoms with Gasteiger partial charge in [-0.1, -0.05) is 301 Å². The Morgan fingerprint density at radius 2 is 0.651 bits per heavy atom. The molecule has 2 atom stereocenters. The van der Waals surface area contributed by atoms with E-state index in [4.69, 9.17) is 0 Å². The number of aliphatic hydroxyl groups excluding tert-OH is 2. The summed E-state index contributed by atoms with van der Waals surface area (Å²) in [6.45, 7) is 4.38. The maximum absolute atomic E-state index is 12.5. The molecule has 2 unspecified atom stereocenters. The molecule has 0 spiro atoms. The first kappa shape index (κ1) is 61.9. The van der Waals surface area contributed by atoms with Crippen LogP contribution in [0.15, 0.2) is 24.3 Å². The number of aliphatic hydroxyl groups is 2. The Bertz CT molecular complexity index is 916. The molecule has 1 amide bonds. The Balaban J connectivity index is 3.38. The molecule has 0 fully saturated rings. The molecule has 0 aromatic carbocycles. The average molecular weight is 887 g/mol. The number of rotatable bonds is 54. The highest BCUT2D eigenvalue weighted by Gasteiger charge is 2.20. The minimum absolute atomic E-state index is 0.0245. The van der Waals surface area contributed by atoms with Gasteiger partial charge in [0.2, 0.25) is 5.91 Å². The summed E-state index contributed by atoms with van der Waals surface area (Å²) in [7, 11) is 0. The van der Waals surface area contributed by atoms with Gasteiger partial charge in [-0.3, -0.25) is 4.79 Å². The molecule has 0 aliphatic carbocycles. The molecule has 374 valence electrons. The van der Waals surface area contributed by atoms with Crippen LogP contribution in [0.3, 0.4) is 0 Å². The van der Waals surface area contributed by atoms with Gasteiger partial charge in [0.05, 0.1) is 18.8 Å². The highest BCUT2D eigenvalue weighted by molar-refractivity contribution is 5.76. The average Bonchev–Trinajstić information content (AvgIpc) is 3.29. The summed E-state index contributed by atoms with van der Waals surface area (Å²) in [6.07, 6.45) is 73.2. The molecule has 63 heavy (non-hydrogen) atoms. The van der Waals surface area contributed by atoms with E-state index in [0.29, 0.717) is 12.8 Å². The Hall–Kier alpha value is -1.13. The van der Waals surface area contributed by atoms with Crippen molar-refractivity contribution in [1.82, 2.24) is 5.32 Å². The molecule has 0 saturated carbocycles. The van der Waals surface area contributed by atoms with Gasteiger partial charge in [-0.15, -0.1) is 0 Å². The van der Waals surface area contributed by atoms with Crippen LogP contribution in [0, 0.1) is 0 Å². The fourth-order valence-electron chi connectivity index (χ4n) is 9.28. The summed E-state index contributed by atoms with van der Waals surface area (Å²) < 4.78 is 0. The van der Waals surface area contributed by atoms with E-state index in [1.54, 1.807) is 0 Å². The summed E-state index contributed by atoms with van der Waals surface area (Å²) in [4.78, 5) is 12.5. The highest BCUT2D eigenvalue weighted by atomic mass is 16.3. The Kier molecular flexibility index (Phi) is 54.2. The van der Waals surface area contributed by atoms with E-state index in [9.17, 15) is 15.0 Å². The Morgan fingerprint density at radius 1 is 0.381 bits per heavy atom. The number of nitrogens with one attached hydrogen (secondary N) is 1. The van der Waals surface area contributed by atoms with E-state index in [1.165, 1.54) is 270 Å². The van der Waals surface area contributed by atoms with Gasteiger partial charge in [0.15, 0.2) is 0 Å². The minimum Gasteiger partial charge on any atom is -0.394 e. The van der Waals surface area contributed by atoms with Crippen molar-refractivity contribution in [3.63, 3.8) is 0 Å². The van der Waals surface area contributed by atoms with Crippen LogP contribution in [-0.2, 0) is 4.79 Å². The molecule has 0 rings (SSSR count). The maximum Gasteiger partial charge on any atom is 0.220 e. The monoisotopic (exact) mass is 886 g/mol. The zero-order chi connectivity index (χ0) is 45.6. The summed E-state index contributed by atoms with van der Waals surface area (Å²) in [5.41, 5.74) is 0. The van der Waals surface area contributed by atoms with Crippen LogP contribution in [0.1, 0.15) is 328 Å². The molecule has 0 heterocycles. The minimum atomic E-state index is -0.656. The molecular weight excluding hydrogens is 771 g/mol. The third-order valence-corrected chi connectivity index (χ3v) is 13.7. The van der Waals surface area contributed by atoms with E-state index in [2.05, 4.69) is 43.5 Å². The lowest BCUT2D eigenvalue weighted by Gasteiger charge is -2.22. The number of unbranched alkanes of at least 4 members (excludes halogenated alkanes) is 43. The first-order valence-corrected chi connectivity index (χ1v) is 29.0. The molecule has 4 nitrogen and oxygen atoms in total. The van der Waals surface area contributed by atoms with Gasteiger partial charge in [0, 0.05) is 6.42 Å². The third-order valence-electron chi connectivity index (χ3n) is 13.7. The van der Waals surface area contributed by atoms with Crippen LogP contribution in [0.2, 0.25) is 0 Å². The van der Waals surface area contributed by atoms with Crippen molar-refractivity contribution in [2.75, 3.05) is 6.61 Å².